The second-order valence-corrected chi connectivity index (χ2v) is 7.28. The number of aliphatic carboxylic acids is 2. The summed E-state index contributed by atoms with van der Waals surface area (Å²) in [4.78, 5) is 35.7. The third kappa shape index (κ3) is 2.66. The molecule has 2 saturated carbocycles. The van der Waals surface area contributed by atoms with Crippen LogP contribution in [0, 0.1) is 23.2 Å². The Morgan fingerprint density at radius 1 is 1.26 bits per heavy atom. The van der Waals surface area contributed by atoms with Gasteiger partial charge in [0.05, 0.1) is 11.5 Å². The van der Waals surface area contributed by atoms with Crippen molar-refractivity contribution in [3.63, 3.8) is 0 Å². The van der Waals surface area contributed by atoms with Crippen LogP contribution in [0.1, 0.15) is 18.9 Å². The Morgan fingerprint density at radius 2 is 1.89 bits per heavy atom. The molecule has 2 aliphatic rings. The quantitative estimate of drug-likeness (QED) is 0.624. The zero-order valence-corrected chi connectivity index (χ0v) is 14.1. The van der Waals surface area contributed by atoms with E-state index in [0.29, 0.717) is 0 Å². The molecule has 5 unspecified atom stereocenters. The molecular formula is C17H17F3N2O5. The fourth-order valence-corrected chi connectivity index (χ4v) is 4.46. The molecule has 1 amide bonds. The summed E-state index contributed by atoms with van der Waals surface area (Å²) in [6.07, 6.45) is -4.88. The second-order valence-electron chi connectivity index (χ2n) is 7.28. The first-order valence-corrected chi connectivity index (χ1v) is 8.07. The Bertz CT molecular complexity index is 842. The number of hydrogen-bond acceptors (Lipinski definition) is 4. The van der Waals surface area contributed by atoms with Crippen molar-refractivity contribution >= 4 is 23.5 Å². The van der Waals surface area contributed by atoms with Crippen molar-refractivity contribution in [3.05, 3.63) is 29.8 Å². The lowest BCUT2D eigenvalue weighted by Crippen LogP contribution is -2.55. The lowest BCUT2D eigenvalue weighted by Gasteiger charge is -2.29. The third-order valence-corrected chi connectivity index (χ3v) is 5.97. The molecule has 146 valence electrons. The molecule has 0 radical (unpaired) electrons. The molecule has 0 heterocycles. The van der Waals surface area contributed by atoms with Gasteiger partial charge in [-0.2, -0.15) is 13.2 Å². The van der Waals surface area contributed by atoms with Crippen LogP contribution in [-0.2, 0) is 20.6 Å². The Balaban J connectivity index is 1.86. The Hall–Kier alpha value is -2.62. The van der Waals surface area contributed by atoms with E-state index < -0.39 is 58.3 Å². The number of carbonyl (C=O) groups is 3. The van der Waals surface area contributed by atoms with E-state index in [1.165, 1.54) is 13.0 Å². The largest absolute Gasteiger partial charge is 0.481 e. The molecule has 0 saturated heterocycles. The molecule has 0 aliphatic heterocycles. The van der Waals surface area contributed by atoms with E-state index in [0.717, 1.165) is 18.2 Å². The van der Waals surface area contributed by atoms with Gasteiger partial charge in [-0.15, -0.1) is 0 Å². The number of carbonyl (C=O) groups excluding carboxylic acids is 1. The number of alkyl halides is 3. The highest BCUT2D eigenvalue weighted by Gasteiger charge is 2.83. The molecule has 10 heteroatoms. The summed E-state index contributed by atoms with van der Waals surface area (Å²) in [6.45, 7) is 1.42. The van der Waals surface area contributed by atoms with E-state index in [2.05, 4.69) is 5.32 Å². The molecule has 0 spiro atoms. The molecule has 0 aromatic heterocycles. The van der Waals surface area contributed by atoms with Gasteiger partial charge in [0.1, 0.15) is 5.54 Å². The topological polar surface area (TPSA) is 130 Å². The zero-order chi connectivity index (χ0) is 20.4. The van der Waals surface area contributed by atoms with Crippen molar-refractivity contribution in [2.45, 2.75) is 25.1 Å². The predicted molar refractivity (Wildman–Crippen MR) is 85.5 cm³/mol. The van der Waals surface area contributed by atoms with Crippen molar-refractivity contribution in [2.24, 2.45) is 28.9 Å². The predicted octanol–water partition coefficient (Wildman–Crippen LogP) is 1.78. The number of hydrogen-bond donors (Lipinski definition) is 4. The summed E-state index contributed by atoms with van der Waals surface area (Å²) in [6, 6.07) is 3.98. The molecule has 0 bridgehead atoms. The summed E-state index contributed by atoms with van der Waals surface area (Å²) in [5, 5.41) is 21.1. The van der Waals surface area contributed by atoms with E-state index >= 15 is 0 Å². The maximum atomic E-state index is 12.8. The summed E-state index contributed by atoms with van der Waals surface area (Å²) in [7, 11) is 0. The fraction of sp³-hybridized carbons (Fsp3) is 0.471. The average Bonchev–Trinajstić information content (AvgIpc) is 3.11. The SMILES string of the molecule is CC12C(C(=O)O)C1C(C(=O)Nc1cccc(C(F)(F)F)c1)CC2(N)C(=O)O. The van der Waals surface area contributed by atoms with Crippen molar-refractivity contribution in [3.8, 4) is 0 Å². The molecule has 5 atom stereocenters. The Labute approximate surface area is 151 Å². The summed E-state index contributed by atoms with van der Waals surface area (Å²) < 4.78 is 38.4. The molecule has 2 fully saturated rings. The maximum Gasteiger partial charge on any atom is 0.416 e. The number of nitrogens with two attached hydrogens (primary N) is 1. The highest BCUT2D eigenvalue weighted by Crippen LogP contribution is 2.73. The Kier molecular flexibility index (Phi) is 4.03. The van der Waals surface area contributed by atoms with E-state index in [1.54, 1.807) is 0 Å². The number of halogens is 3. The molecular weight excluding hydrogens is 369 g/mol. The number of rotatable bonds is 4. The molecule has 1 aromatic rings. The lowest BCUT2D eigenvalue weighted by atomic mass is 9.80. The van der Waals surface area contributed by atoms with Gasteiger partial charge in [0.2, 0.25) is 5.91 Å². The van der Waals surface area contributed by atoms with Gasteiger partial charge < -0.3 is 21.3 Å². The molecule has 7 nitrogen and oxygen atoms in total. The van der Waals surface area contributed by atoms with E-state index in [-0.39, 0.29) is 12.1 Å². The minimum absolute atomic E-state index is 0.117. The van der Waals surface area contributed by atoms with Crippen LogP contribution in [0.15, 0.2) is 24.3 Å². The van der Waals surface area contributed by atoms with E-state index in [9.17, 15) is 37.8 Å². The first kappa shape index (κ1) is 19.2. The third-order valence-electron chi connectivity index (χ3n) is 5.97. The van der Waals surface area contributed by atoms with Crippen molar-refractivity contribution in [1.82, 2.24) is 0 Å². The standard InChI is InChI=1S/C17H17F3N2O5/c1-15-10(11(15)13(24)25)9(6-16(15,21)14(26)27)12(23)22-8-4-2-3-7(5-8)17(18,19)20/h2-5,9-11H,6,21H2,1H3,(H,22,23)(H,24,25)(H,26,27). The summed E-state index contributed by atoms with van der Waals surface area (Å²) in [5.41, 5.74) is 1.68. The van der Waals surface area contributed by atoms with Crippen LogP contribution in [0.25, 0.3) is 0 Å². The minimum Gasteiger partial charge on any atom is -0.481 e. The van der Waals surface area contributed by atoms with Crippen LogP contribution in [0.3, 0.4) is 0 Å². The van der Waals surface area contributed by atoms with Gasteiger partial charge in [0.15, 0.2) is 0 Å². The van der Waals surface area contributed by atoms with Crippen molar-refractivity contribution in [1.29, 1.82) is 0 Å². The summed E-state index contributed by atoms with van der Waals surface area (Å²) >= 11 is 0. The van der Waals surface area contributed by atoms with Crippen LogP contribution in [0.2, 0.25) is 0 Å². The van der Waals surface area contributed by atoms with Gasteiger partial charge in [-0.25, -0.2) is 0 Å². The van der Waals surface area contributed by atoms with Gasteiger partial charge in [0, 0.05) is 17.0 Å². The molecule has 3 rings (SSSR count). The molecule has 1 aromatic carbocycles. The first-order valence-electron chi connectivity index (χ1n) is 8.07. The highest BCUT2D eigenvalue weighted by atomic mass is 19.4. The van der Waals surface area contributed by atoms with Gasteiger partial charge in [-0.1, -0.05) is 13.0 Å². The minimum atomic E-state index is -4.59. The number of carboxylic acid groups (broad SMARTS) is 2. The van der Waals surface area contributed by atoms with Crippen LogP contribution in [0.5, 0.6) is 0 Å². The molecule has 27 heavy (non-hydrogen) atoms. The van der Waals surface area contributed by atoms with Gasteiger partial charge in [0.25, 0.3) is 0 Å². The lowest BCUT2D eigenvalue weighted by molar-refractivity contribution is -0.148. The Morgan fingerprint density at radius 3 is 2.41 bits per heavy atom. The summed E-state index contributed by atoms with van der Waals surface area (Å²) in [5.74, 6) is -6.36. The van der Waals surface area contributed by atoms with E-state index in [1.807, 2.05) is 0 Å². The van der Waals surface area contributed by atoms with Crippen LogP contribution in [-0.4, -0.2) is 33.6 Å². The fourth-order valence-electron chi connectivity index (χ4n) is 4.46. The van der Waals surface area contributed by atoms with Crippen molar-refractivity contribution in [2.75, 3.05) is 5.32 Å². The number of nitrogens with one attached hydrogen (secondary N) is 1. The van der Waals surface area contributed by atoms with Gasteiger partial charge >= 0.3 is 18.1 Å². The number of amides is 1. The molecule has 2 aliphatic carbocycles. The van der Waals surface area contributed by atoms with Gasteiger partial charge in [-0.3, -0.25) is 14.4 Å². The highest BCUT2D eigenvalue weighted by molar-refractivity contribution is 5.97. The normalized spacial score (nSPS) is 34.6. The van der Waals surface area contributed by atoms with Gasteiger partial charge in [-0.05, 0) is 30.5 Å². The number of benzene rings is 1. The molecule has 5 N–H and O–H groups in total. The van der Waals surface area contributed by atoms with Crippen molar-refractivity contribution < 1.29 is 37.8 Å². The van der Waals surface area contributed by atoms with Crippen LogP contribution >= 0.6 is 0 Å². The number of anilines is 1. The monoisotopic (exact) mass is 386 g/mol. The van der Waals surface area contributed by atoms with Crippen LogP contribution in [0.4, 0.5) is 18.9 Å². The maximum absolute atomic E-state index is 12.8. The second kappa shape index (κ2) is 5.69. The van der Waals surface area contributed by atoms with E-state index in [4.69, 9.17) is 5.73 Å². The smallest absolute Gasteiger partial charge is 0.416 e. The average molecular weight is 386 g/mol. The van der Waals surface area contributed by atoms with Crippen LogP contribution < -0.4 is 11.1 Å². The number of fused-ring (bicyclic) bond motifs is 1. The zero-order valence-electron chi connectivity index (χ0n) is 14.1. The number of carboxylic acids is 2. The first-order chi connectivity index (χ1) is 12.3.